The fourth-order valence-corrected chi connectivity index (χ4v) is 3.02. The maximum Gasteiger partial charge on any atom is 0.220 e. The molecule has 0 spiro atoms. The summed E-state index contributed by atoms with van der Waals surface area (Å²) in [6.45, 7) is 4.83. The summed E-state index contributed by atoms with van der Waals surface area (Å²) in [4.78, 5) is 14.1. The fourth-order valence-electron chi connectivity index (χ4n) is 2.76. The fraction of sp³-hybridized carbons (Fsp3) is 0.562. The number of benzene rings is 1. The first kappa shape index (κ1) is 15.3. The van der Waals surface area contributed by atoms with Crippen LogP contribution in [-0.4, -0.2) is 30.4 Å². The summed E-state index contributed by atoms with van der Waals surface area (Å²) in [5.74, 6) is 0.128. The van der Waals surface area contributed by atoms with Crippen LogP contribution >= 0.6 is 11.6 Å². The van der Waals surface area contributed by atoms with Gasteiger partial charge in [0.05, 0.1) is 6.04 Å². The van der Waals surface area contributed by atoms with E-state index in [1.54, 1.807) is 0 Å². The first-order valence-electron chi connectivity index (χ1n) is 7.47. The predicted octanol–water partition coefficient (Wildman–Crippen LogP) is 3.39. The van der Waals surface area contributed by atoms with Gasteiger partial charge in [0.25, 0.3) is 0 Å². The Balaban J connectivity index is 2.08. The van der Waals surface area contributed by atoms with Crippen molar-refractivity contribution < 1.29 is 4.79 Å². The van der Waals surface area contributed by atoms with Crippen LogP contribution < -0.4 is 5.32 Å². The monoisotopic (exact) mass is 294 g/mol. The standard InChI is InChI=1S/C16H23ClN2O/c1-2-7-16(20)18-12-15(19-10-5-6-11-19)13-8-3-4-9-14(13)17/h3-4,8-9,15H,2,5-7,10-12H2,1H3,(H,18,20)/t15-/m0/s1. The van der Waals surface area contributed by atoms with Crippen LogP contribution in [-0.2, 0) is 4.79 Å². The van der Waals surface area contributed by atoms with Gasteiger partial charge < -0.3 is 5.32 Å². The second kappa shape index (κ2) is 7.65. The lowest BCUT2D eigenvalue weighted by Gasteiger charge is -2.29. The highest BCUT2D eigenvalue weighted by Crippen LogP contribution is 2.29. The summed E-state index contributed by atoms with van der Waals surface area (Å²) in [6, 6.07) is 8.14. The lowest BCUT2D eigenvalue weighted by atomic mass is 10.1. The second-order valence-corrected chi connectivity index (χ2v) is 5.74. The molecule has 1 aromatic rings. The molecule has 1 N–H and O–H groups in total. The summed E-state index contributed by atoms with van der Waals surface area (Å²) in [7, 11) is 0. The Bertz CT molecular complexity index is 444. The average Bonchev–Trinajstić information content (AvgIpc) is 2.95. The van der Waals surface area contributed by atoms with E-state index in [9.17, 15) is 4.79 Å². The summed E-state index contributed by atoms with van der Waals surface area (Å²) in [5.41, 5.74) is 1.12. The molecule has 1 amide bonds. The zero-order valence-corrected chi connectivity index (χ0v) is 12.8. The van der Waals surface area contributed by atoms with E-state index >= 15 is 0 Å². The topological polar surface area (TPSA) is 32.3 Å². The largest absolute Gasteiger partial charge is 0.354 e. The van der Waals surface area contributed by atoms with Gasteiger partial charge in [-0.25, -0.2) is 0 Å². The van der Waals surface area contributed by atoms with Gasteiger partial charge in [0.2, 0.25) is 5.91 Å². The molecule has 0 aliphatic carbocycles. The van der Waals surface area contributed by atoms with E-state index in [0.29, 0.717) is 13.0 Å². The van der Waals surface area contributed by atoms with Crippen molar-refractivity contribution in [3.8, 4) is 0 Å². The van der Waals surface area contributed by atoms with Crippen molar-refractivity contribution in [2.45, 2.75) is 38.6 Å². The van der Waals surface area contributed by atoms with Crippen molar-refractivity contribution in [2.75, 3.05) is 19.6 Å². The van der Waals surface area contributed by atoms with Gasteiger partial charge in [-0.1, -0.05) is 36.7 Å². The maximum atomic E-state index is 11.7. The second-order valence-electron chi connectivity index (χ2n) is 5.33. The van der Waals surface area contributed by atoms with Gasteiger partial charge in [-0.05, 0) is 44.0 Å². The van der Waals surface area contributed by atoms with E-state index in [4.69, 9.17) is 11.6 Å². The molecule has 110 valence electrons. The molecule has 20 heavy (non-hydrogen) atoms. The molecule has 0 aromatic heterocycles. The lowest BCUT2D eigenvalue weighted by molar-refractivity contribution is -0.121. The summed E-state index contributed by atoms with van der Waals surface area (Å²) in [6.07, 6.45) is 3.93. The molecule has 4 heteroatoms. The van der Waals surface area contributed by atoms with E-state index in [0.717, 1.165) is 30.1 Å². The predicted molar refractivity (Wildman–Crippen MR) is 82.9 cm³/mol. The highest BCUT2D eigenvalue weighted by Gasteiger charge is 2.25. The Hall–Kier alpha value is -1.06. The zero-order valence-electron chi connectivity index (χ0n) is 12.1. The molecule has 3 nitrogen and oxygen atoms in total. The SMILES string of the molecule is CCCC(=O)NC[C@@H](c1ccccc1Cl)N1CCCC1. The van der Waals surface area contributed by atoms with Crippen LogP contribution in [0.3, 0.4) is 0 Å². The molecule has 1 aromatic carbocycles. The number of carbonyl (C=O) groups is 1. The molecule has 1 aliphatic rings. The Morgan fingerprint density at radius 2 is 2.05 bits per heavy atom. The summed E-state index contributed by atoms with van der Waals surface area (Å²) < 4.78 is 0. The maximum absolute atomic E-state index is 11.7. The molecule has 1 saturated heterocycles. The van der Waals surface area contributed by atoms with Crippen LogP contribution in [0.4, 0.5) is 0 Å². The van der Waals surface area contributed by atoms with E-state index < -0.39 is 0 Å². The number of hydrogen-bond acceptors (Lipinski definition) is 2. The van der Waals surface area contributed by atoms with E-state index in [2.05, 4.69) is 16.3 Å². The van der Waals surface area contributed by atoms with Crippen molar-refractivity contribution in [1.29, 1.82) is 0 Å². The van der Waals surface area contributed by atoms with Crippen LogP contribution in [0.15, 0.2) is 24.3 Å². The molecule has 0 saturated carbocycles. The van der Waals surface area contributed by atoms with Crippen molar-refractivity contribution in [2.24, 2.45) is 0 Å². The molecule has 1 atom stereocenters. The Kier molecular flexibility index (Phi) is 5.86. The third kappa shape index (κ3) is 3.97. The number of nitrogens with one attached hydrogen (secondary N) is 1. The molecule has 0 radical (unpaired) electrons. The van der Waals surface area contributed by atoms with Crippen LogP contribution in [0.1, 0.15) is 44.2 Å². The molecule has 0 unspecified atom stereocenters. The summed E-state index contributed by atoms with van der Waals surface area (Å²) >= 11 is 6.33. The Morgan fingerprint density at radius 3 is 2.70 bits per heavy atom. The number of rotatable bonds is 6. The highest BCUT2D eigenvalue weighted by molar-refractivity contribution is 6.31. The number of hydrogen-bond donors (Lipinski definition) is 1. The minimum absolute atomic E-state index is 0.128. The van der Waals surface area contributed by atoms with Gasteiger partial charge in [-0.3, -0.25) is 9.69 Å². The highest BCUT2D eigenvalue weighted by atomic mass is 35.5. The molecular weight excluding hydrogens is 272 g/mol. The molecule has 1 heterocycles. The van der Waals surface area contributed by atoms with E-state index in [1.807, 2.05) is 25.1 Å². The minimum Gasteiger partial charge on any atom is -0.354 e. The minimum atomic E-state index is 0.128. The molecular formula is C16H23ClN2O. The van der Waals surface area contributed by atoms with E-state index in [1.165, 1.54) is 12.8 Å². The quantitative estimate of drug-likeness (QED) is 0.872. The van der Waals surface area contributed by atoms with Gasteiger partial charge in [-0.2, -0.15) is 0 Å². The Labute approximate surface area is 126 Å². The van der Waals surface area contributed by atoms with Gasteiger partial charge in [0.1, 0.15) is 0 Å². The van der Waals surface area contributed by atoms with Crippen molar-refractivity contribution in [3.63, 3.8) is 0 Å². The van der Waals surface area contributed by atoms with E-state index in [-0.39, 0.29) is 11.9 Å². The molecule has 1 fully saturated rings. The number of amides is 1. The summed E-state index contributed by atoms with van der Waals surface area (Å²) in [5, 5.41) is 3.83. The number of carbonyl (C=O) groups excluding carboxylic acids is 1. The van der Waals surface area contributed by atoms with Crippen LogP contribution in [0.5, 0.6) is 0 Å². The Morgan fingerprint density at radius 1 is 1.35 bits per heavy atom. The van der Waals surface area contributed by atoms with Crippen LogP contribution in [0.2, 0.25) is 5.02 Å². The third-order valence-electron chi connectivity index (χ3n) is 3.82. The smallest absolute Gasteiger partial charge is 0.220 e. The van der Waals surface area contributed by atoms with Gasteiger partial charge in [-0.15, -0.1) is 0 Å². The molecule has 0 bridgehead atoms. The first-order chi connectivity index (χ1) is 9.72. The van der Waals surface area contributed by atoms with Crippen molar-refractivity contribution in [3.05, 3.63) is 34.9 Å². The van der Waals surface area contributed by atoms with Gasteiger partial charge >= 0.3 is 0 Å². The zero-order chi connectivity index (χ0) is 14.4. The third-order valence-corrected chi connectivity index (χ3v) is 4.16. The number of halogens is 1. The van der Waals surface area contributed by atoms with Gasteiger partial charge in [0.15, 0.2) is 0 Å². The molecule has 2 rings (SSSR count). The average molecular weight is 295 g/mol. The van der Waals surface area contributed by atoms with Crippen molar-refractivity contribution in [1.82, 2.24) is 10.2 Å². The van der Waals surface area contributed by atoms with Crippen LogP contribution in [0.25, 0.3) is 0 Å². The lowest BCUT2D eigenvalue weighted by Crippen LogP contribution is -2.36. The molecule has 1 aliphatic heterocycles. The first-order valence-corrected chi connectivity index (χ1v) is 7.85. The number of nitrogens with zero attached hydrogens (tertiary/aromatic N) is 1. The van der Waals surface area contributed by atoms with Crippen LogP contribution in [0, 0.1) is 0 Å². The number of likely N-dealkylation sites (tertiary alicyclic amines) is 1. The van der Waals surface area contributed by atoms with Crippen molar-refractivity contribution >= 4 is 17.5 Å². The van der Waals surface area contributed by atoms with Gasteiger partial charge in [0, 0.05) is 18.0 Å². The normalized spacial score (nSPS) is 17.1.